The van der Waals surface area contributed by atoms with Gasteiger partial charge in [0.15, 0.2) is 0 Å². The maximum atomic E-state index is 12.0. The van der Waals surface area contributed by atoms with Gasteiger partial charge in [-0.05, 0) is 24.3 Å². The number of nitrogens with zero attached hydrogens (tertiary/aromatic N) is 1. The third-order valence-corrected chi connectivity index (χ3v) is 4.65. The highest BCUT2D eigenvalue weighted by atomic mass is 79.9. The highest BCUT2D eigenvalue weighted by Crippen LogP contribution is 2.15. The molecule has 1 aliphatic rings. The van der Waals surface area contributed by atoms with Crippen molar-refractivity contribution in [3.8, 4) is 0 Å². The van der Waals surface area contributed by atoms with Gasteiger partial charge in [0.2, 0.25) is 10.0 Å². The number of nitrogens with one attached hydrogen (secondary N) is 1. The first kappa shape index (κ1) is 14.3. The van der Waals surface area contributed by atoms with Gasteiger partial charge >= 0.3 is 6.09 Å². The van der Waals surface area contributed by atoms with E-state index in [9.17, 15) is 13.2 Å². The molecule has 1 N–H and O–H groups in total. The summed E-state index contributed by atoms with van der Waals surface area (Å²) in [6.45, 7) is 0.441. The van der Waals surface area contributed by atoms with E-state index in [1.807, 2.05) is 0 Å². The zero-order chi connectivity index (χ0) is 14.0. The van der Waals surface area contributed by atoms with Gasteiger partial charge in [-0.3, -0.25) is 0 Å². The minimum absolute atomic E-state index is 0.0640. The molecule has 0 radical (unpaired) electrons. The van der Waals surface area contributed by atoms with Gasteiger partial charge in [0.1, 0.15) is 6.10 Å². The van der Waals surface area contributed by atoms with Crippen molar-refractivity contribution in [1.82, 2.24) is 9.62 Å². The molecular formula is C11H13BrN2O4S. The van der Waals surface area contributed by atoms with Gasteiger partial charge in [-0.15, -0.1) is 0 Å². The largest absolute Gasteiger partial charge is 0.443 e. The summed E-state index contributed by atoms with van der Waals surface area (Å²) in [7, 11) is -1.98. The number of hydrogen-bond donors (Lipinski definition) is 1. The smallest absolute Gasteiger partial charge is 0.410 e. The van der Waals surface area contributed by atoms with Gasteiger partial charge in [0.25, 0.3) is 0 Å². The second-order valence-electron chi connectivity index (χ2n) is 4.19. The minimum Gasteiger partial charge on any atom is -0.443 e. The van der Waals surface area contributed by atoms with Crippen LogP contribution in [0.2, 0.25) is 0 Å². The van der Waals surface area contributed by atoms with Gasteiger partial charge in [0.05, 0.1) is 11.4 Å². The van der Waals surface area contributed by atoms with Crippen LogP contribution < -0.4 is 4.72 Å². The molecule has 0 saturated carbocycles. The predicted molar refractivity (Wildman–Crippen MR) is 72.2 cm³/mol. The predicted octanol–water partition coefficient (Wildman–Crippen LogP) is 1.18. The Bertz CT molecular complexity index is 573. The Morgan fingerprint density at radius 1 is 1.42 bits per heavy atom. The van der Waals surface area contributed by atoms with Crippen LogP contribution in [-0.2, 0) is 14.8 Å². The minimum atomic E-state index is -3.58. The first-order valence-electron chi connectivity index (χ1n) is 5.55. The Morgan fingerprint density at radius 3 is 2.58 bits per heavy atom. The van der Waals surface area contributed by atoms with Crippen molar-refractivity contribution in [3.05, 3.63) is 28.7 Å². The fraction of sp³-hybridized carbons (Fsp3) is 0.364. The lowest BCUT2D eigenvalue weighted by atomic mass is 10.4. The van der Waals surface area contributed by atoms with Crippen molar-refractivity contribution >= 4 is 32.0 Å². The van der Waals surface area contributed by atoms with Crippen molar-refractivity contribution in [2.75, 3.05) is 20.1 Å². The highest BCUT2D eigenvalue weighted by Gasteiger charge is 2.29. The molecule has 0 bridgehead atoms. The van der Waals surface area contributed by atoms with E-state index < -0.39 is 22.2 Å². The molecule has 0 aliphatic carbocycles. The number of halogens is 1. The molecule has 0 spiro atoms. The number of carbonyl (C=O) groups excluding carboxylic acids is 1. The maximum absolute atomic E-state index is 12.0. The lowest BCUT2D eigenvalue weighted by Gasteiger charge is -2.10. The Hall–Kier alpha value is -1.12. The first-order valence-corrected chi connectivity index (χ1v) is 7.83. The molecular weight excluding hydrogens is 336 g/mol. The second kappa shape index (κ2) is 5.48. The number of amides is 1. The molecule has 1 heterocycles. The standard InChI is InChI=1S/C11H13BrN2O4S/c1-14-7-9(18-11(14)15)6-13-19(16,17)10-4-2-8(12)3-5-10/h2-5,9,13H,6-7H2,1H3. The van der Waals surface area contributed by atoms with Gasteiger partial charge in [-0.2, -0.15) is 0 Å². The molecule has 6 nitrogen and oxygen atoms in total. The van der Waals surface area contributed by atoms with Crippen molar-refractivity contribution in [1.29, 1.82) is 0 Å². The van der Waals surface area contributed by atoms with Gasteiger partial charge in [-0.1, -0.05) is 15.9 Å². The summed E-state index contributed by atoms with van der Waals surface area (Å²) in [6, 6.07) is 6.30. The summed E-state index contributed by atoms with van der Waals surface area (Å²) in [5, 5.41) is 0. The molecule has 1 aromatic carbocycles. The van der Waals surface area contributed by atoms with Crippen LogP contribution in [0.25, 0.3) is 0 Å². The van der Waals surface area contributed by atoms with E-state index >= 15 is 0 Å². The molecule has 0 aromatic heterocycles. The fourth-order valence-corrected chi connectivity index (χ4v) is 2.99. The summed E-state index contributed by atoms with van der Waals surface area (Å²) in [5.74, 6) is 0. The van der Waals surface area contributed by atoms with E-state index in [0.29, 0.717) is 6.54 Å². The number of ether oxygens (including phenoxy) is 1. The van der Waals surface area contributed by atoms with Gasteiger partial charge in [0, 0.05) is 18.1 Å². The Kier molecular flexibility index (Phi) is 4.12. The van der Waals surface area contributed by atoms with Crippen LogP contribution in [0.4, 0.5) is 4.79 Å². The van der Waals surface area contributed by atoms with Crippen LogP contribution in [0.1, 0.15) is 0 Å². The number of hydrogen-bond acceptors (Lipinski definition) is 4. The molecule has 8 heteroatoms. The summed E-state index contributed by atoms with van der Waals surface area (Å²) in [6.07, 6.45) is -0.893. The zero-order valence-corrected chi connectivity index (χ0v) is 12.6. The van der Waals surface area contributed by atoms with E-state index in [4.69, 9.17) is 4.74 Å². The summed E-state index contributed by atoms with van der Waals surface area (Å²) < 4.78 is 32.2. The first-order chi connectivity index (χ1) is 8.88. The third-order valence-electron chi connectivity index (χ3n) is 2.68. The van der Waals surface area contributed by atoms with Crippen molar-refractivity contribution < 1.29 is 17.9 Å². The molecule has 1 aliphatic heterocycles. The topological polar surface area (TPSA) is 75.7 Å². The molecule has 2 rings (SSSR count). The van der Waals surface area contributed by atoms with Crippen LogP contribution in [-0.4, -0.2) is 45.7 Å². The molecule has 1 aromatic rings. The molecule has 19 heavy (non-hydrogen) atoms. The van der Waals surface area contributed by atoms with Crippen molar-refractivity contribution in [3.63, 3.8) is 0 Å². The van der Waals surface area contributed by atoms with E-state index in [1.165, 1.54) is 17.0 Å². The van der Waals surface area contributed by atoms with E-state index in [-0.39, 0.29) is 11.4 Å². The summed E-state index contributed by atoms with van der Waals surface area (Å²) >= 11 is 3.24. The van der Waals surface area contributed by atoms with Crippen LogP contribution in [0, 0.1) is 0 Å². The summed E-state index contributed by atoms with van der Waals surface area (Å²) in [5.41, 5.74) is 0. The Labute approximate surface area is 119 Å². The van der Waals surface area contributed by atoms with Crippen molar-refractivity contribution in [2.24, 2.45) is 0 Å². The SMILES string of the molecule is CN1CC(CNS(=O)(=O)c2ccc(Br)cc2)OC1=O. The number of sulfonamides is 1. The summed E-state index contributed by atoms with van der Waals surface area (Å²) in [4.78, 5) is 12.7. The monoisotopic (exact) mass is 348 g/mol. The molecule has 1 saturated heterocycles. The van der Waals surface area contributed by atoms with E-state index in [1.54, 1.807) is 19.2 Å². The maximum Gasteiger partial charge on any atom is 0.410 e. The number of carbonyl (C=O) groups is 1. The molecule has 1 atom stereocenters. The number of likely N-dealkylation sites (N-methyl/N-ethyl adjacent to an activating group) is 1. The van der Waals surface area contributed by atoms with Crippen LogP contribution in [0.15, 0.2) is 33.6 Å². The highest BCUT2D eigenvalue weighted by molar-refractivity contribution is 9.10. The Balaban J connectivity index is 1.99. The number of rotatable bonds is 4. The van der Waals surface area contributed by atoms with E-state index in [2.05, 4.69) is 20.7 Å². The average molecular weight is 349 g/mol. The molecule has 1 amide bonds. The van der Waals surface area contributed by atoms with Crippen molar-refractivity contribution in [2.45, 2.75) is 11.0 Å². The fourth-order valence-electron chi connectivity index (χ4n) is 1.66. The Morgan fingerprint density at radius 2 is 2.05 bits per heavy atom. The number of benzene rings is 1. The lowest BCUT2D eigenvalue weighted by molar-refractivity contribution is 0.135. The van der Waals surface area contributed by atoms with Crippen LogP contribution in [0.3, 0.4) is 0 Å². The van der Waals surface area contributed by atoms with Gasteiger partial charge < -0.3 is 9.64 Å². The van der Waals surface area contributed by atoms with Crippen LogP contribution in [0.5, 0.6) is 0 Å². The number of cyclic esters (lactones) is 1. The second-order valence-corrected chi connectivity index (χ2v) is 6.87. The quantitative estimate of drug-likeness (QED) is 0.886. The molecule has 1 fully saturated rings. The molecule has 104 valence electrons. The van der Waals surface area contributed by atoms with Gasteiger partial charge in [-0.25, -0.2) is 17.9 Å². The zero-order valence-electron chi connectivity index (χ0n) is 10.2. The van der Waals surface area contributed by atoms with Crippen LogP contribution >= 0.6 is 15.9 Å². The normalized spacial score (nSPS) is 19.6. The van der Waals surface area contributed by atoms with E-state index in [0.717, 1.165) is 4.47 Å². The average Bonchev–Trinajstić information content (AvgIpc) is 2.67. The molecule has 1 unspecified atom stereocenters. The lowest BCUT2D eigenvalue weighted by Crippen LogP contribution is -2.34. The third kappa shape index (κ3) is 3.46.